The topological polar surface area (TPSA) is 48.3 Å². The summed E-state index contributed by atoms with van der Waals surface area (Å²) in [5.41, 5.74) is 1.02. The van der Waals surface area contributed by atoms with Gasteiger partial charge in [0.1, 0.15) is 11.4 Å². The van der Waals surface area contributed by atoms with Crippen LogP contribution >= 0.6 is 0 Å². The first-order chi connectivity index (χ1) is 12.6. The van der Waals surface area contributed by atoms with Crippen LogP contribution in [0.3, 0.4) is 0 Å². The van der Waals surface area contributed by atoms with Crippen LogP contribution in [-0.2, 0) is 6.54 Å². The van der Waals surface area contributed by atoms with Gasteiger partial charge in [0.05, 0.1) is 18.7 Å². The Kier molecular flexibility index (Phi) is 5.69. The number of nitrogens with zero attached hydrogens (tertiary/aromatic N) is 2. The van der Waals surface area contributed by atoms with Gasteiger partial charge in [-0.25, -0.2) is 8.78 Å². The van der Waals surface area contributed by atoms with Crippen molar-refractivity contribution in [3.63, 3.8) is 0 Å². The van der Waals surface area contributed by atoms with Crippen molar-refractivity contribution in [1.82, 2.24) is 4.90 Å². The predicted molar refractivity (Wildman–Crippen MR) is 96.0 cm³/mol. The summed E-state index contributed by atoms with van der Waals surface area (Å²) < 4.78 is 33.3. The summed E-state index contributed by atoms with van der Waals surface area (Å²) in [7, 11) is 1.65. The Morgan fingerprint density at radius 3 is 2.50 bits per heavy atom. The third-order valence-electron chi connectivity index (χ3n) is 4.65. The van der Waals surface area contributed by atoms with Gasteiger partial charge in [-0.3, -0.25) is 4.90 Å². The van der Waals surface area contributed by atoms with Crippen LogP contribution in [0.15, 0.2) is 36.4 Å². The van der Waals surface area contributed by atoms with Crippen molar-refractivity contribution < 1.29 is 13.5 Å². The van der Waals surface area contributed by atoms with E-state index in [4.69, 9.17) is 10.00 Å². The lowest BCUT2D eigenvalue weighted by atomic mass is 10.0. The smallest absolute Gasteiger partial charge is 0.150 e. The molecule has 1 N–H and O–H groups in total. The van der Waals surface area contributed by atoms with Crippen molar-refractivity contribution in [3.8, 4) is 11.8 Å². The molecule has 0 radical (unpaired) electrons. The average molecular weight is 357 g/mol. The fraction of sp³-hybridized carbons (Fsp3) is 0.350. The van der Waals surface area contributed by atoms with Gasteiger partial charge in [0, 0.05) is 25.7 Å². The molecule has 3 rings (SSSR count). The van der Waals surface area contributed by atoms with Gasteiger partial charge in [-0.05, 0) is 42.7 Å². The third-order valence-corrected chi connectivity index (χ3v) is 4.65. The molecule has 0 atom stereocenters. The summed E-state index contributed by atoms with van der Waals surface area (Å²) in [6.07, 6.45) is 1.59. The lowest BCUT2D eigenvalue weighted by Gasteiger charge is -2.33. The molecule has 1 heterocycles. The minimum atomic E-state index is -0.722. The van der Waals surface area contributed by atoms with Crippen molar-refractivity contribution in [2.75, 3.05) is 25.5 Å². The number of piperidine rings is 1. The quantitative estimate of drug-likeness (QED) is 0.881. The minimum absolute atomic E-state index is 0.00787. The Hall–Kier alpha value is -2.65. The molecule has 6 heteroatoms. The molecule has 2 aromatic rings. The molecule has 0 aromatic heterocycles. The molecule has 0 aliphatic carbocycles. The molecule has 0 unspecified atom stereocenters. The van der Waals surface area contributed by atoms with Crippen LogP contribution in [-0.4, -0.2) is 31.1 Å². The highest BCUT2D eigenvalue weighted by molar-refractivity contribution is 5.51. The van der Waals surface area contributed by atoms with Crippen LogP contribution in [0, 0.1) is 23.0 Å². The molecular formula is C20H21F2N3O. The van der Waals surface area contributed by atoms with Crippen LogP contribution in [0.5, 0.6) is 5.75 Å². The van der Waals surface area contributed by atoms with Crippen LogP contribution in [0.25, 0.3) is 0 Å². The second-order valence-corrected chi connectivity index (χ2v) is 6.47. The lowest BCUT2D eigenvalue weighted by Crippen LogP contribution is -2.39. The summed E-state index contributed by atoms with van der Waals surface area (Å²) in [6.45, 7) is 2.51. The van der Waals surface area contributed by atoms with E-state index < -0.39 is 11.6 Å². The number of likely N-dealkylation sites (tertiary alicyclic amines) is 1. The summed E-state index contributed by atoms with van der Waals surface area (Å²) >= 11 is 0. The maximum Gasteiger partial charge on any atom is 0.150 e. The van der Waals surface area contributed by atoms with E-state index in [1.165, 1.54) is 5.56 Å². The molecule has 1 aliphatic heterocycles. The molecular weight excluding hydrogens is 336 g/mol. The zero-order chi connectivity index (χ0) is 18.5. The van der Waals surface area contributed by atoms with E-state index in [0.29, 0.717) is 0 Å². The standard InChI is InChI=1S/C20H21F2N3O/c1-26-17-4-2-3-14(9-17)13-25-7-5-16(6-8-25)24-20-18(21)10-15(12-23)11-19(20)22/h2-4,9-11,16,24H,5-8,13H2,1H3. The highest BCUT2D eigenvalue weighted by atomic mass is 19.1. The minimum Gasteiger partial charge on any atom is -0.497 e. The first-order valence-electron chi connectivity index (χ1n) is 8.60. The van der Waals surface area contributed by atoms with E-state index in [1.54, 1.807) is 13.2 Å². The first-order valence-corrected chi connectivity index (χ1v) is 8.60. The van der Waals surface area contributed by atoms with Crippen LogP contribution in [0.2, 0.25) is 0 Å². The lowest BCUT2D eigenvalue weighted by molar-refractivity contribution is 0.211. The number of hydrogen-bond donors (Lipinski definition) is 1. The van der Waals surface area contributed by atoms with Gasteiger partial charge in [0.15, 0.2) is 11.6 Å². The zero-order valence-electron chi connectivity index (χ0n) is 14.6. The Balaban J connectivity index is 1.56. The maximum atomic E-state index is 14.0. The first kappa shape index (κ1) is 18.2. The van der Waals surface area contributed by atoms with Crippen molar-refractivity contribution in [2.24, 2.45) is 0 Å². The molecule has 0 amide bonds. The van der Waals surface area contributed by atoms with Crippen LogP contribution in [0.4, 0.5) is 14.5 Å². The number of rotatable bonds is 5. The van der Waals surface area contributed by atoms with E-state index in [2.05, 4.69) is 16.3 Å². The molecule has 136 valence electrons. The number of halogens is 2. The molecule has 26 heavy (non-hydrogen) atoms. The van der Waals surface area contributed by atoms with Crippen LogP contribution in [0.1, 0.15) is 24.0 Å². The van der Waals surface area contributed by atoms with Crippen molar-refractivity contribution >= 4 is 5.69 Å². The van der Waals surface area contributed by atoms with Crippen LogP contribution < -0.4 is 10.1 Å². The number of ether oxygens (including phenoxy) is 1. The van der Waals surface area contributed by atoms with E-state index in [-0.39, 0.29) is 17.3 Å². The highest BCUT2D eigenvalue weighted by Crippen LogP contribution is 2.25. The van der Waals surface area contributed by atoms with Crippen molar-refractivity contribution in [1.29, 1.82) is 5.26 Å². The van der Waals surface area contributed by atoms with Crippen molar-refractivity contribution in [2.45, 2.75) is 25.4 Å². The Morgan fingerprint density at radius 1 is 1.19 bits per heavy atom. The molecule has 1 aliphatic rings. The number of methoxy groups -OCH3 is 1. The Morgan fingerprint density at radius 2 is 1.88 bits per heavy atom. The van der Waals surface area contributed by atoms with Gasteiger partial charge in [0.25, 0.3) is 0 Å². The molecule has 0 spiro atoms. The highest BCUT2D eigenvalue weighted by Gasteiger charge is 2.22. The molecule has 2 aromatic carbocycles. The van der Waals surface area contributed by atoms with Gasteiger partial charge < -0.3 is 10.1 Å². The monoisotopic (exact) mass is 357 g/mol. The summed E-state index contributed by atoms with van der Waals surface area (Å²) in [4.78, 5) is 2.32. The summed E-state index contributed by atoms with van der Waals surface area (Å²) in [6, 6.07) is 11.9. The van der Waals surface area contributed by atoms with E-state index >= 15 is 0 Å². The summed E-state index contributed by atoms with van der Waals surface area (Å²) in [5, 5.41) is 11.7. The summed E-state index contributed by atoms with van der Waals surface area (Å²) in [5.74, 6) is -0.605. The SMILES string of the molecule is COc1cccc(CN2CCC(Nc3c(F)cc(C#N)cc3F)CC2)c1. The zero-order valence-corrected chi connectivity index (χ0v) is 14.6. The number of nitrogens with one attached hydrogen (secondary N) is 1. The molecule has 1 saturated heterocycles. The average Bonchev–Trinajstić information content (AvgIpc) is 2.66. The second-order valence-electron chi connectivity index (χ2n) is 6.47. The maximum absolute atomic E-state index is 14.0. The predicted octanol–water partition coefficient (Wildman–Crippen LogP) is 3.92. The fourth-order valence-corrected chi connectivity index (χ4v) is 3.24. The number of hydrogen-bond acceptors (Lipinski definition) is 4. The molecule has 1 fully saturated rings. The van der Waals surface area contributed by atoms with Crippen molar-refractivity contribution in [3.05, 3.63) is 59.2 Å². The largest absolute Gasteiger partial charge is 0.497 e. The normalized spacial score (nSPS) is 15.5. The molecule has 0 bridgehead atoms. The molecule has 0 saturated carbocycles. The second kappa shape index (κ2) is 8.15. The Labute approximate surface area is 152 Å². The van der Waals surface area contributed by atoms with Gasteiger partial charge in [0.2, 0.25) is 0 Å². The van der Waals surface area contributed by atoms with Gasteiger partial charge in [-0.15, -0.1) is 0 Å². The Bertz CT molecular complexity index is 788. The van der Waals surface area contributed by atoms with E-state index in [1.807, 2.05) is 18.2 Å². The van der Waals surface area contributed by atoms with Gasteiger partial charge >= 0.3 is 0 Å². The van der Waals surface area contributed by atoms with Gasteiger partial charge in [-0.2, -0.15) is 5.26 Å². The number of nitriles is 1. The number of benzene rings is 2. The third kappa shape index (κ3) is 4.30. The van der Waals surface area contributed by atoms with E-state index in [0.717, 1.165) is 50.4 Å². The fourth-order valence-electron chi connectivity index (χ4n) is 3.24. The van der Waals surface area contributed by atoms with E-state index in [9.17, 15) is 8.78 Å². The van der Waals surface area contributed by atoms with Gasteiger partial charge in [-0.1, -0.05) is 12.1 Å². The molecule has 4 nitrogen and oxygen atoms in total. The number of anilines is 1.